The van der Waals surface area contributed by atoms with Gasteiger partial charge in [0.05, 0.1) is 11.6 Å². The Morgan fingerprint density at radius 3 is 2.62 bits per heavy atom. The van der Waals surface area contributed by atoms with Gasteiger partial charge in [-0.2, -0.15) is 5.26 Å². The van der Waals surface area contributed by atoms with Crippen molar-refractivity contribution in [3.63, 3.8) is 0 Å². The van der Waals surface area contributed by atoms with Gasteiger partial charge in [-0.25, -0.2) is 4.39 Å². The van der Waals surface area contributed by atoms with E-state index in [0.717, 1.165) is 37.5 Å². The van der Waals surface area contributed by atoms with Crippen LogP contribution in [0.4, 0.5) is 10.1 Å². The van der Waals surface area contributed by atoms with Gasteiger partial charge in [0.25, 0.3) is 0 Å². The highest BCUT2D eigenvalue weighted by atomic mass is 19.1. The summed E-state index contributed by atoms with van der Waals surface area (Å²) >= 11 is 0. The van der Waals surface area contributed by atoms with E-state index in [1.165, 1.54) is 12.1 Å². The van der Waals surface area contributed by atoms with Crippen molar-refractivity contribution in [2.24, 2.45) is 5.92 Å². The minimum Gasteiger partial charge on any atom is -0.371 e. The summed E-state index contributed by atoms with van der Waals surface area (Å²) in [6.07, 6.45) is 2.27. The fourth-order valence-electron chi connectivity index (χ4n) is 2.09. The molecule has 3 heteroatoms. The molecular formula is C13H15FN2. The molecule has 0 unspecified atom stereocenters. The Labute approximate surface area is 95.3 Å². The number of nitrogens with zero attached hydrogens (tertiary/aromatic N) is 2. The first kappa shape index (κ1) is 10.9. The Morgan fingerprint density at radius 2 is 2.00 bits per heavy atom. The lowest BCUT2D eigenvalue weighted by Gasteiger charge is -2.32. The van der Waals surface area contributed by atoms with E-state index in [0.29, 0.717) is 5.56 Å². The molecule has 0 spiro atoms. The average molecular weight is 218 g/mol. The molecule has 0 atom stereocenters. The van der Waals surface area contributed by atoms with Crippen LogP contribution in [0.25, 0.3) is 0 Å². The van der Waals surface area contributed by atoms with Crippen LogP contribution in [0.5, 0.6) is 0 Å². The summed E-state index contributed by atoms with van der Waals surface area (Å²) in [6, 6.07) is 6.54. The van der Waals surface area contributed by atoms with E-state index >= 15 is 0 Å². The number of anilines is 1. The van der Waals surface area contributed by atoms with Crippen molar-refractivity contribution in [3.8, 4) is 6.07 Å². The predicted octanol–water partition coefficient (Wildman–Crippen LogP) is 2.93. The molecule has 0 aromatic heterocycles. The highest BCUT2D eigenvalue weighted by Crippen LogP contribution is 2.24. The van der Waals surface area contributed by atoms with Gasteiger partial charge < -0.3 is 4.90 Å². The molecule has 84 valence electrons. The molecule has 0 N–H and O–H groups in total. The Balaban J connectivity index is 2.20. The molecule has 1 heterocycles. The summed E-state index contributed by atoms with van der Waals surface area (Å²) in [4.78, 5) is 2.16. The van der Waals surface area contributed by atoms with Gasteiger partial charge in [0, 0.05) is 18.8 Å². The van der Waals surface area contributed by atoms with E-state index in [9.17, 15) is 4.39 Å². The van der Waals surface area contributed by atoms with Gasteiger partial charge in [-0.05, 0) is 37.0 Å². The number of hydrogen-bond acceptors (Lipinski definition) is 2. The fourth-order valence-corrected chi connectivity index (χ4v) is 2.09. The predicted molar refractivity (Wildman–Crippen MR) is 61.7 cm³/mol. The first-order valence-electron chi connectivity index (χ1n) is 5.64. The molecule has 1 aromatic rings. The quantitative estimate of drug-likeness (QED) is 0.724. The number of benzene rings is 1. The van der Waals surface area contributed by atoms with Gasteiger partial charge in [0.2, 0.25) is 0 Å². The zero-order valence-corrected chi connectivity index (χ0v) is 9.41. The van der Waals surface area contributed by atoms with Crippen molar-refractivity contribution in [1.82, 2.24) is 0 Å². The largest absolute Gasteiger partial charge is 0.371 e. The van der Waals surface area contributed by atoms with E-state index in [1.807, 2.05) is 6.07 Å². The van der Waals surface area contributed by atoms with Crippen LogP contribution in [0.3, 0.4) is 0 Å². The van der Waals surface area contributed by atoms with Gasteiger partial charge in [-0.15, -0.1) is 0 Å². The monoisotopic (exact) mass is 218 g/mol. The summed E-state index contributed by atoms with van der Waals surface area (Å²) < 4.78 is 13.3. The number of piperidine rings is 1. The van der Waals surface area contributed by atoms with E-state index < -0.39 is 0 Å². The van der Waals surface area contributed by atoms with Crippen molar-refractivity contribution < 1.29 is 4.39 Å². The van der Waals surface area contributed by atoms with Crippen LogP contribution in [0, 0.1) is 23.1 Å². The lowest BCUT2D eigenvalue weighted by atomic mass is 9.98. The van der Waals surface area contributed by atoms with Gasteiger partial charge in [-0.3, -0.25) is 0 Å². The van der Waals surface area contributed by atoms with Crippen molar-refractivity contribution in [2.45, 2.75) is 19.8 Å². The Bertz CT molecular complexity index is 414. The summed E-state index contributed by atoms with van der Waals surface area (Å²) in [5.74, 6) is 0.424. The molecule has 1 aliphatic rings. The summed E-state index contributed by atoms with van der Waals surface area (Å²) in [7, 11) is 0. The van der Waals surface area contributed by atoms with E-state index in [1.54, 1.807) is 6.07 Å². The highest BCUT2D eigenvalue weighted by molar-refractivity contribution is 5.52. The molecular weight excluding hydrogens is 203 g/mol. The topological polar surface area (TPSA) is 27.0 Å². The van der Waals surface area contributed by atoms with Crippen LogP contribution in [0.2, 0.25) is 0 Å². The lowest BCUT2D eigenvalue weighted by Crippen LogP contribution is -2.32. The van der Waals surface area contributed by atoms with Crippen LogP contribution in [-0.2, 0) is 0 Å². The van der Waals surface area contributed by atoms with Gasteiger partial charge in [0.15, 0.2) is 0 Å². The van der Waals surface area contributed by atoms with Gasteiger partial charge in [0.1, 0.15) is 5.82 Å². The standard InChI is InChI=1S/C13H15FN2/c1-10-2-4-16(5-3-10)13-7-11(9-15)6-12(14)8-13/h6-8,10H,2-5H2,1H3. The first-order chi connectivity index (χ1) is 7.69. The lowest BCUT2D eigenvalue weighted by molar-refractivity contribution is 0.438. The van der Waals surface area contributed by atoms with Crippen LogP contribution < -0.4 is 4.90 Å². The second kappa shape index (κ2) is 4.52. The molecule has 0 aliphatic carbocycles. The molecule has 16 heavy (non-hydrogen) atoms. The number of nitriles is 1. The fraction of sp³-hybridized carbons (Fsp3) is 0.462. The maximum atomic E-state index is 13.3. The third kappa shape index (κ3) is 2.33. The molecule has 0 radical (unpaired) electrons. The zero-order valence-electron chi connectivity index (χ0n) is 9.41. The third-order valence-corrected chi connectivity index (χ3v) is 3.16. The van der Waals surface area contributed by atoms with Crippen LogP contribution in [-0.4, -0.2) is 13.1 Å². The van der Waals surface area contributed by atoms with Crippen LogP contribution in [0.1, 0.15) is 25.3 Å². The third-order valence-electron chi connectivity index (χ3n) is 3.16. The second-order valence-electron chi connectivity index (χ2n) is 4.48. The molecule has 0 saturated carbocycles. The Kier molecular flexibility index (Phi) is 3.09. The highest BCUT2D eigenvalue weighted by Gasteiger charge is 2.16. The average Bonchev–Trinajstić information content (AvgIpc) is 2.29. The van der Waals surface area contributed by atoms with Crippen LogP contribution in [0.15, 0.2) is 18.2 Å². The second-order valence-corrected chi connectivity index (χ2v) is 4.48. The molecule has 2 nitrogen and oxygen atoms in total. The molecule has 1 fully saturated rings. The molecule has 0 bridgehead atoms. The van der Waals surface area contributed by atoms with Crippen molar-refractivity contribution in [3.05, 3.63) is 29.6 Å². The summed E-state index contributed by atoms with van der Waals surface area (Å²) in [5, 5.41) is 8.79. The SMILES string of the molecule is CC1CCN(c2cc(F)cc(C#N)c2)CC1. The summed E-state index contributed by atoms with van der Waals surface area (Å²) in [5.41, 5.74) is 1.23. The molecule has 1 aromatic carbocycles. The maximum Gasteiger partial charge on any atom is 0.126 e. The number of hydrogen-bond donors (Lipinski definition) is 0. The van der Waals surface area contributed by atoms with Gasteiger partial charge in [-0.1, -0.05) is 6.92 Å². The smallest absolute Gasteiger partial charge is 0.126 e. The zero-order chi connectivity index (χ0) is 11.5. The van der Waals surface area contributed by atoms with Crippen molar-refractivity contribution in [1.29, 1.82) is 5.26 Å². The van der Waals surface area contributed by atoms with Crippen molar-refractivity contribution >= 4 is 5.69 Å². The molecule has 2 rings (SSSR count). The minimum atomic E-state index is -0.326. The normalized spacial score (nSPS) is 17.2. The summed E-state index contributed by atoms with van der Waals surface area (Å²) in [6.45, 7) is 4.15. The number of rotatable bonds is 1. The van der Waals surface area contributed by atoms with E-state index in [2.05, 4.69) is 11.8 Å². The van der Waals surface area contributed by atoms with Crippen LogP contribution >= 0.6 is 0 Å². The van der Waals surface area contributed by atoms with Gasteiger partial charge >= 0.3 is 0 Å². The Hall–Kier alpha value is -1.56. The van der Waals surface area contributed by atoms with E-state index in [4.69, 9.17) is 5.26 Å². The first-order valence-corrected chi connectivity index (χ1v) is 5.64. The number of halogens is 1. The minimum absolute atomic E-state index is 0.326. The Morgan fingerprint density at radius 1 is 1.31 bits per heavy atom. The van der Waals surface area contributed by atoms with E-state index in [-0.39, 0.29) is 5.82 Å². The maximum absolute atomic E-state index is 13.3. The van der Waals surface area contributed by atoms with Crippen molar-refractivity contribution in [2.75, 3.05) is 18.0 Å². The molecule has 1 aliphatic heterocycles. The molecule has 1 saturated heterocycles. The molecule has 0 amide bonds.